The first-order chi connectivity index (χ1) is 18.1. The molecule has 0 fully saturated rings. The molecule has 0 amide bonds. The lowest BCUT2D eigenvalue weighted by Gasteiger charge is -2.39. The number of ketones is 1. The Hall–Kier alpha value is -4.48. The molecule has 7 rings (SSSR count). The highest BCUT2D eigenvalue weighted by Gasteiger charge is 2.45. The van der Waals surface area contributed by atoms with Crippen molar-refractivity contribution in [2.75, 3.05) is 0 Å². The molecule has 0 N–H and O–H groups in total. The molecule has 5 aromatic rings. The second-order valence-corrected chi connectivity index (χ2v) is 9.30. The Kier molecular flexibility index (Phi) is 4.88. The van der Waals surface area contributed by atoms with Gasteiger partial charge in [0, 0.05) is 11.6 Å². The highest BCUT2D eigenvalue weighted by atomic mass is 35.5. The van der Waals surface area contributed by atoms with Crippen LogP contribution in [0, 0.1) is 0 Å². The first kappa shape index (κ1) is 21.8. The molecule has 0 saturated carbocycles. The zero-order chi connectivity index (χ0) is 25.0. The van der Waals surface area contributed by atoms with Gasteiger partial charge in [0.1, 0.15) is 35.4 Å². The van der Waals surface area contributed by atoms with Gasteiger partial charge in [0.25, 0.3) is 5.79 Å². The maximum Gasteiger partial charge on any atom is 0.299 e. The van der Waals surface area contributed by atoms with E-state index in [-0.39, 0.29) is 12.4 Å². The SMILES string of the molecule is O=C1C=CC2(Oc3cccc4cccc(c34)O2)c2cccc(OCc3ccc(-c4ccccc4Cl)o3)c21. The third kappa shape index (κ3) is 3.51. The number of ether oxygens (including phenoxy) is 3. The highest BCUT2D eigenvalue weighted by molar-refractivity contribution is 6.33. The summed E-state index contributed by atoms with van der Waals surface area (Å²) in [6.45, 7) is 0.134. The number of allylic oxidation sites excluding steroid dienone is 1. The minimum Gasteiger partial charge on any atom is -0.485 e. The van der Waals surface area contributed by atoms with E-state index in [1.807, 2.05) is 84.9 Å². The second-order valence-electron chi connectivity index (χ2n) is 8.89. The van der Waals surface area contributed by atoms with Crippen molar-refractivity contribution in [3.8, 4) is 28.6 Å². The minimum atomic E-state index is -1.28. The predicted octanol–water partition coefficient (Wildman–Crippen LogP) is 7.71. The lowest BCUT2D eigenvalue weighted by atomic mass is 9.89. The Morgan fingerprint density at radius 3 is 2.35 bits per heavy atom. The van der Waals surface area contributed by atoms with Crippen LogP contribution in [0.15, 0.2) is 108 Å². The van der Waals surface area contributed by atoms with Crippen LogP contribution in [0.25, 0.3) is 22.1 Å². The zero-order valence-corrected chi connectivity index (χ0v) is 20.2. The van der Waals surface area contributed by atoms with E-state index in [2.05, 4.69) is 0 Å². The molecular weight excluding hydrogens is 488 g/mol. The van der Waals surface area contributed by atoms with Crippen molar-refractivity contribution in [1.29, 1.82) is 0 Å². The molecule has 0 atom stereocenters. The first-order valence-electron chi connectivity index (χ1n) is 11.8. The average Bonchev–Trinajstić information content (AvgIpc) is 3.39. The van der Waals surface area contributed by atoms with Crippen LogP contribution in [-0.4, -0.2) is 5.78 Å². The molecule has 1 aromatic heterocycles. The lowest BCUT2D eigenvalue weighted by molar-refractivity contribution is -0.0840. The largest absolute Gasteiger partial charge is 0.485 e. The predicted molar refractivity (Wildman–Crippen MR) is 140 cm³/mol. The van der Waals surface area contributed by atoms with E-state index in [0.29, 0.717) is 44.9 Å². The number of furan rings is 1. The van der Waals surface area contributed by atoms with Crippen molar-refractivity contribution >= 4 is 28.2 Å². The van der Waals surface area contributed by atoms with Gasteiger partial charge in [-0.25, -0.2) is 0 Å². The van der Waals surface area contributed by atoms with Crippen molar-refractivity contribution in [3.63, 3.8) is 0 Å². The smallest absolute Gasteiger partial charge is 0.299 e. The first-order valence-corrected chi connectivity index (χ1v) is 12.2. The lowest BCUT2D eigenvalue weighted by Crippen LogP contribution is -2.42. The average molecular weight is 507 g/mol. The number of hydrogen-bond acceptors (Lipinski definition) is 5. The van der Waals surface area contributed by atoms with Crippen LogP contribution in [0.4, 0.5) is 0 Å². The van der Waals surface area contributed by atoms with Crippen molar-refractivity contribution < 1.29 is 23.4 Å². The van der Waals surface area contributed by atoms with Crippen molar-refractivity contribution in [2.45, 2.75) is 12.4 Å². The fraction of sp³-hybridized carbons (Fsp3) is 0.0645. The molecule has 37 heavy (non-hydrogen) atoms. The number of halogens is 1. The summed E-state index contributed by atoms with van der Waals surface area (Å²) >= 11 is 6.31. The summed E-state index contributed by atoms with van der Waals surface area (Å²) < 4.78 is 25.0. The van der Waals surface area contributed by atoms with E-state index in [4.69, 9.17) is 30.2 Å². The number of carbonyl (C=O) groups is 1. The molecule has 0 saturated heterocycles. The number of rotatable bonds is 4. The summed E-state index contributed by atoms with van der Waals surface area (Å²) in [5, 5.41) is 2.53. The maximum absolute atomic E-state index is 13.1. The standard InChI is InChI=1S/C31H19ClO5/c32-23-10-2-1-8-21(23)25-15-14-20(35-25)18-34-26-11-5-9-22-30(26)24(33)16-17-31(22)36-27-12-3-6-19-7-4-13-28(37-31)29(19)27/h1-17H,18H2. The van der Waals surface area contributed by atoms with Gasteiger partial charge in [-0.15, -0.1) is 0 Å². The van der Waals surface area contributed by atoms with Crippen molar-refractivity contribution in [2.24, 2.45) is 0 Å². The quantitative estimate of drug-likeness (QED) is 0.250. The number of hydrogen-bond donors (Lipinski definition) is 0. The van der Waals surface area contributed by atoms with Gasteiger partial charge in [-0.1, -0.05) is 54.1 Å². The molecule has 0 radical (unpaired) electrons. The van der Waals surface area contributed by atoms with Crippen LogP contribution in [0.1, 0.15) is 21.7 Å². The molecule has 0 bridgehead atoms. The van der Waals surface area contributed by atoms with E-state index in [9.17, 15) is 4.79 Å². The summed E-state index contributed by atoms with van der Waals surface area (Å²) in [6.07, 6.45) is 3.14. The molecule has 1 aliphatic carbocycles. The molecule has 5 nitrogen and oxygen atoms in total. The number of carbonyl (C=O) groups excluding carboxylic acids is 1. The fourth-order valence-electron chi connectivity index (χ4n) is 4.93. The monoisotopic (exact) mass is 506 g/mol. The Morgan fingerprint density at radius 2 is 1.57 bits per heavy atom. The minimum absolute atomic E-state index is 0.134. The number of benzene rings is 4. The van der Waals surface area contributed by atoms with Crippen molar-refractivity contribution in [3.05, 3.63) is 125 Å². The number of fused-ring (bicyclic) bond motifs is 2. The van der Waals surface area contributed by atoms with E-state index < -0.39 is 5.79 Å². The highest BCUT2D eigenvalue weighted by Crippen LogP contribution is 2.48. The van der Waals surface area contributed by atoms with Crippen LogP contribution < -0.4 is 14.2 Å². The molecule has 1 spiro atoms. The van der Waals surface area contributed by atoms with Gasteiger partial charge in [-0.2, -0.15) is 0 Å². The topological polar surface area (TPSA) is 57.9 Å². The summed E-state index contributed by atoms with van der Waals surface area (Å²) in [4.78, 5) is 13.1. The zero-order valence-electron chi connectivity index (χ0n) is 19.4. The van der Waals surface area contributed by atoms with Crippen LogP contribution in [0.3, 0.4) is 0 Å². The van der Waals surface area contributed by atoms with Crippen LogP contribution in [0.5, 0.6) is 17.2 Å². The molecule has 4 aromatic carbocycles. The Labute approximate surface area is 217 Å². The van der Waals surface area contributed by atoms with Gasteiger partial charge in [0.2, 0.25) is 0 Å². The van der Waals surface area contributed by atoms with Crippen LogP contribution in [-0.2, 0) is 12.4 Å². The van der Waals surface area contributed by atoms with E-state index >= 15 is 0 Å². The van der Waals surface area contributed by atoms with E-state index in [1.54, 1.807) is 12.1 Å². The normalized spacial score (nSPS) is 14.8. The van der Waals surface area contributed by atoms with Crippen molar-refractivity contribution in [1.82, 2.24) is 0 Å². The van der Waals surface area contributed by atoms with E-state index in [1.165, 1.54) is 6.08 Å². The summed E-state index contributed by atoms with van der Waals surface area (Å²) in [6, 6.07) is 28.3. The van der Waals surface area contributed by atoms with Gasteiger partial charge in [-0.05, 0) is 60.0 Å². The summed E-state index contributed by atoms with van der Waals surface area (Å²) in [5.41, 5.74) is 1.78. The Morgan fingerprint density at radius 1 is 0.811 bits per heavy atom. The Bertz CT molecular complexity index is 1690. The molecule has 180 valence electrons. The van der Waals surface area contributed by atoms with Gasteiger partial charge in [-0.3, -0.25) is 4.79 Å². The second kappa shape index (κ2) is 8.29. The van der Waals surface area contributed by atoms with Crippen LogP contribution >= 0.6 is 11.6 Å². The Balaban J connectivity index is 1.22. The maximum atomic E-state index is 13.1. The third-order valence-electron chi connectivity index (χ3n) is 6.62. The van der Waals surface area contributed by atoms with Gasteiger partial charge < -0.3 is 18.6 Å². The van der Waals surface area contributed by atoms with Crippen LogP contribution in [0.2, 0.25) is 5.02 Å². The fourth-order valence-corrected chi connectivity index (χ4v) is 5.16. The van der Waals surface area contributed by atoms with Gasteiger partial charge in [0.05, 0.1) is 21.5 Å². The van der Waals surface area contributed by atoms with E-state index in [0.717, 1.165) is 16.3 Å². The molecule has 0 unspecified atom stereocenters. The summed E-state index contributed by atoms with van der Waals surface area (Å²) in [5.74, 6) is 1.59. The molecule has 6 heteroatoms. The van der Waals surface area contributed by atoms with Gasteiger partial charge in [0.15, 0.2) is 5.78 Å². The van der Waals surface area contributed by atoms with Gasteiger partial charge >= 0.3 is 0 Å². The summed E-state index contributed by atoms with van der Waals surface area (Å²) in [7, 11) is 0. The molecule has 2 heterocycles. The third-order valence-corrected chi connectivity index (χ3v) is 6.95. The molecule has 2 aliphatic rings. The molecular formula is C31H19ClO5. The molecule has 1 aliphatic heterocycles.